The van der Waals surface area contributed by atoms with Crippen LogP contribution < -0.4 is 5.19 Å². The Morgan fingerprint density at radius 3 is 2.56 bits per heavy atom. The minimum Gasteiger partial charge on any atom is -0.282 e. The lowest BCUT2D eigenvalue weighted by atomic mass is 10.1. The molecule has 3 nitrogen and oxygen atoms in total. The van der Waals surface area contributed by atoms with Crippen molar-refractivity contribution in [3.8, 4) is 0 Å². The molecule has 1 rings (SSSR count). The van der Waals surface area contributed by atoms with Crippen molar-refractivity contribution in [2.45, 2.75) is 24.7 Å². The van der Waals surface area contributed by atoms with Gasteiger partial charge in [0.15, 0.2) is 0 Å². The highest BCUT2D eigenvalue weighted by atomic mass is 32.2. The number of benzene rings is 1. The van der Waals surface area contributed by atoms with Crippen LogP contribution in [0.25, 0.3) is 0 Å². The van der Waals surface area contributed by atoms with Gasteiger partial charge in [-0.25, -0.2) is 0 Å². The Labute approximate surface area is 99.4 Å². The largest absolute Gasteiger partial charge is 0.294 e. The maximum atomic E-state index is 11.2. The average Bonchev–Trinajstić information content (AvgIpc) is 2.19. The van der Waals surface area contributed by atoms with E-state index >= 15 is 0 Å². The summed E-state index contributed by atoms with van der Waals surface area (Å²) in [5.74, 6) is 0. The number of hydrogen-bond acceptors (Lipinski definition) is 2. The van der Waals surface area contributed by atoms with E-state index in [1.807, 2.05) is 6.92 Å². The van der Waals surface area contributed by atoms with E-state index in [9.17, 15) is 8.42 Å². The smallest absolute Gasteiger partial charge is 0.282 e. The summed E-state index contributed by atoms with van der Waals surface area (Å²) in [6, 6.07) is 3.12. The summed E-state index contributed by atoms with van der Waals surface area (Å²) in [7, 11) is -0.764. The normalized spacial score (nSPS) is 11.4. The fraction of sp³-hybridized carbons (Fsp3) is 0.273. The average molecular weight is 253 g/mol. The van der Waals surface area contributed by atoms with Gasteiger partial charge in [0.2, 0.25) is 0 Å². The van der Waals surface area contributed by atoms with E-state index in [4.69, 9.17) is 4.55 Å². The Morgan fingerprint density at radius 1 is 1.50 bits per heavy atom. The van der Waals surface area contributed by atoms with Crippen LogP contribution in [0.2, 0.25) is 0 Å². The zero-order valence-electron chi connectivity index (χ0n) is 9.03. The lowest BCUT2D eigenvalue weighted by molar-refractivity contribution is 0.482. The van der Waals surface area contributed by atoms with E-state index in [1.165, 1.54) is 6.07 Å². The van der Waals surface area contributed by atoms with Gasteiger partial charge in [0.05, 0.1) is 15.1 Å². The van der Waals surface area contributed by atoms with Gasteiger partial charge in [0.1, 0.15) is 0 Å². The molecule has 1 N–H and O–H groups in total. The molecule has 0 aromatic heterocycles. The fourth-order valence-electron chi connectivity index (χ4n) is 1.56. The number of aryl methyl sites for hydroxylation is 1. The minimum atomic E-state index is -4.18. The Bertz CT molecular complexity index is 506. The van der Waals surface area contributed by atoms with Crippen molar-refractivity contribution in [1.82, 2.24) is 0 Å². The van der Waals surface area contributed by atoms with E-state index in [-0.39, 0.29) is 4.90 Å². The Morgan fingerprint density at radius 2 is 2.12 bits per heavy atom. The molecule has 0 heterocycles. The molecule has 0 aliphatic carbocycles. The van der Waals surface area contributed by atoms with Crippen LogP contribution >= 0.6 is 0 Å². The number of rotatable bonds is 4. The zero-order chi connectivity index (χ0) is 12.3. The van der Waals surface area contributed by atoms with Crippen LogP contribution in [-0.2, 0) is 23.0 Å². The summed E-state index contributed by atoms with van der Waals surface area (Å²) in [6.07, 6.45) is 2.78. The molecular weight excluding hydrogens is 240 g/mol. The predicted molar refractivity (Wildman–Crippen MR) is 64.9 cm³/mol. The predicted octanol–water partition coefficient (Wildman–Crippen LogP) is 1.02. The minimum absolute atomic E-state index is 0.0606. The van der Waals surface area contributed by atoms with Gasteiger partial charge in [-0.05, 0) is 30.0 Å². The Hall–Kier alpha value is -0.913. The van der Waals surface area contributed by atoms with Gasteiger partial charge in [0, 0.05) is 0 Å². The van der Waals surface area contributed by atoms with Gasteiger partial charge >= 0.3 is 0 Å². The standard InChI is InChI=1S/C11H13O3SSi/c1-3-5-9-10(15(12,13)14)7-6-8(4-2)11(9)16/h3,6-7H,1,4-5H2,2H3,(H,12,13,14). The highest BCUT2D eigenvalue weighted by molar-refractivity contribution is 7.85. The molecule has 1 aromatic rings. The SMILES string of the molecule is C=CCc1c(S(=O)(=O)O)ccc(CC)c1[Si]. The molecule has 0 saturated carbocycles. The molecular formula is C11H13O3SSi. The van der Waals surface area contributed by atoms with Crippen molar-refractivity contribution in [1.29, 1.82) is 0 Å². The molecule has 3 radical (unpaired) electrons. The van der Waals surface area contributed by atoms with Crippen LogP contribution in [0.1, 0.15) is 18.1 Å². The van der Waals surface area contributed by atoms with E-state index < -0.39 is 10.1 Å². The van der Waals surface area contributed by atoms with Crippen LogP contribution in [0.4, 0.5) is 0 Å². The van der Waals surface area contributed by atoms with E-state index in [0.717, 1.165) is 17.2 Å². The second kappa shape index (κ2) is 4.95. The first-order chi connectivity index (χ1) is 7.41. The van der Waals surface area contributed by atoms with Crippen molar-refractivity contribution in [3.63, 3.8) is 0 Å². The summed E-state index contributed by atoms with van der Waals surface area (Å²) < 4.78 is 31.5. The van der Waals surface area contributed by atoms with E-state index in [2.05, 4.69) is 16.8 Å². The van der Waals surface area contributed by atoms with Gasteiger partial charge in [-0.1, -0.05) is 24.3 Å². The van der Waals surface area contributed by atoms with Crippen molar-refractivity contribution in [3.05, 3.63) is 35.9 Å². The highest BCUT2D eigenvalue weighted by Crippen LogP contribution is 2.16. The fourth-order valence-corrected chi connectivity index (χ4v) is 2.88. The number of hydrogen-bond donors (Lipinski definition) is 1. The lowest BCUT2D eigenvalue weighted by Gasteiger charge is -2.12. The molecule has 0 amide bonds. The summed E-state index contributed by atoms with van der Waals surface area (Å²) in [4.78, 5) is -0.0606. The Balaban J connectivity index is 3.52. The molecule has 16 heavy (non-hydrogen) atoms. The van der Waals surface area contributed by atoms with Crippen LogP contribution in [0, 0.1) is 0 Å². The molecule has 0 atom stereocenters. The van der Waals surface area contributed by atoms with Gasteiger partial charge in [-0.2, -0.15) is 8.42 Å². The molecule has 1 aromatic carbocycles. The van der Waals surface area contributed by atoms with Crippen molar-refractivity contribution in [2.75, 3.05) is 0 Å². The van der Waals surface area contributed by atoms with Crippen molar-refractivity contribution >= 4 is 25.5 Å². The van der Waals surface area contributed by atoms with Crippen LogP contribution in [0.3, 0.4) is 0 Å². The third-order valence-corrected chi connectivity index (χ3v) is 3.92. The molecule has 85 valence electrons. The highest BCUT2D eigenvalue weighted by Gasteiger charge is 2.17. The molecule has 0 saturated heterocycles. The van der Waals surface area contributed by atoms with Gasteiger partial charge in [-0.15, -0.1) is 6.58 Å². The quantitative estimate of drug-likeness (QED) is 0.495. The topological polar surface area (TPSA) is 54.4 Å². The summed E-state index contributed by atoms with van der Waals surface area (Å²) in [5.41, 5.74) is 1.55. The molecule has 0 spiro atoms. The monoisotopic (exact) mass is 253 g/mol. The zero-order valence-corrected chi connectivity index (χ0v) is 10.8. The van der Waals surface area contributed by atoms with Crippen LogP contribution in [0.5, 0.6) is 0 Å². The van der Waals surface area contributed by atoms with E-state index in [0.29, 0.717) is 12.0 Å². The van der Waals surface area contributed by atoms with Crippen molar-refractivity contribution in [2.24, 2.45) is 0 Å². The maximum absolute atomic E-state index is 11.2. The lowest BCUT2D eigenvalue weighted by Crippen LogP contribution is -2.20. The van der Waals surface area contributed by atoms with Gasteiger partial charge < -0.3 is 0 Å². The first-order valence-corrected chi connectivity index (χ1v) is 6.80. The van der Waals surface area contributed by atoms with Gasteiger partial charge in [0.25, 0.3) is 10.1 Å². The second-order valence-corrected chi connectivity index (χ2v) is 5.29. The van der Waals surface area contributed by atoms with E-state index in [1.54, 1.807) is 12.1 Å². The molecule has 0 aliphatic rings. The molecule has 0 bridgehead atoms. The first-order valence-electron chi connectivity index (χ1n) is 4.86. The van der Waals surface area contributed by atoms with Gasteiger partial charge in [-0.3, -0.25) is 4.55 Å². The molecule has 0 fully saturated rings. The summed E-state index contributed by atoms with van der Waals surface area (Å²) >= 11 is 0. The van der Waals surface area contributed by atoms with Crippen molar-refractivity contribution < 1.29 is 13.0 Å². The molecule has 0 aliphatic heterocycles. The first kappa shape index (κ1) is 13.2. The maximum Gasteiger partial charge on any atom is 0.294 e. The summed E-state index contributed by atoms with van der Waals surface area (Å²) in [5, 5.41) is 0.720. The Kier molecular flexibility index (Phi) is 4.07. The summed E-state index contributed by atoms with van der Waals surface area (Å²) in [6.45, 7) is 5.55. The van der Waals surface area contributed by atoms with Crippen LogP contribution in [0.15, 0.2) is 29.7 Å². The second-order valence-electron chi connectivity index (χ2n) is 3.40. The molecule has 5 heteroatoms. The third-order valence-electron chi connectivity index (χ3n) is 2.36. The third kappa shape index (κ3) is 2.61. The number of allylic oxidation sites excluding steroid dienone is 1. The molecule has 0 unspecified atom stereocenters. The van der Waals surface area contributed by atoms with Crippen LogP contribution in [-0.4, -0.2) is 23.2 Å².